The summed E-state index contributed by atoms with van der Waals surface area (Å²) in [6.45, 7) is 0.325. The van der Waals surface area contributed by atoms with Crippen LogP contribution in [0.3, 0.4) is 0 Å². The van der Waals surface area contributed by atoms with Crippen molar-refractivity contribution in [3.8, 4) is 0 Å². The minimum absolute atomic E-state index is 0.229. The third-order valence-corrected chi connectivity index (χ3v) is 4.84. The SMILES string of the molecule is Cn1c(=O)c2c(nc(N=CC=Cc3ccc([N+](=O)[O-])o3)n2Cc2ccccc2)n(C)c1=O. The van der Waals surface area contributed by atoms with Gasteiger partial charge in [-0.2, -0.15) is 4.98 Å². The minimum atomic E-state index is -0.623. The average molecular weight is 434 g/mol. The third-order valence-electron chi connectivity index (χ3n) is 4.84. The second kappa shape index (κ2) is 8.30. The first-order valence-corrected chi connectivity index (χ1v) is 9.52. The Morgan fingerprint density at radius 1 is 1.12 bits per heavy atom. The molecule has 0 fully saturated rings. The van der Waals surface area contributed by atoms with Crippen molar-refractivity contribution in [3.05, 3.63) is 90.8 Å². The van der Waals surface area contributed by atoms with Crippen LogP contribution in [0.15, 0.2) is 67.5 Å². The molecule has 3 heterocycles. The molecule has 3 aromatic heterocycles. The Morgan fingerprint density at radius 2 is 1.88 bits per heavy atom. The summed E-state index contributed by atoms with van der Waals surface area (Å²) in [5.41, 5.74) is 0.466. The van der Waals surface area contributed by atoms with Gasteiger partial charge in [0.25, 0.3) is 5.56 Å². The van der Waals surface area contributed by atoms with Gasteiger partial charge < -0.3 is 4.42 Å². The van der Waals surface area contributed by atoms with Crippen molar-refractivity contribution in [1.29, 1.82) is 0 Å². The smallest absolute Gasteiger partial charge is 0.401 e. The number of aliphatic imine (C=N–C) groups is 1. The number of nitrogens with zero attached hydrogens (tertiary/aromatic N) is 6. The van der Waals surface area contributed by atoms with E-state index in [0.717, 1.165) is 10.1 Å². The Morgan fingerprint density at radius 3 is 2.56 bits per heavy atom. The van der Waals surface area contributed by atoms with Gasteiger partial charge in [-0.15, -0.1) is 0 Å². The maximum atomic E-state index is 12.9. The first-order chi connectivity index (χ1) is 15.4. The fourth-order valence-corrected chi connectivity index (χ4v) is 3.23. The molecule has 11 heteroatoms. The van der Waals surface area contributed by atoms with E-state index in [4.69, 9.17) is 4.42 Å². The maximum Gasteiger partial charge on any atom is 0.433 e. The molecule has 1 aromatic carbocycles. The lowest BCUT2D eigenvalue weighted by molar-refractivity contribution is -0.402. The van der Waals surface area contributed by atoms with Crippen LogP contribution < -0.4 is 11.2 Å². The zero-order chi connectivity index (χ0) is 22.8. The number of furan rings is 1. The summed E-state index contributed by atoms with van der Waals surface area (Å²) < 4.78 is 9.03. The highest BCUT2D eigenvalue weighted by Gasteiger charge is 2.18. The molecule has 0 aliphatic heterocycles. The van der Waals surface area contributed by atoms with Gasteiger partial charge in [0.1, 0.15) is 10.7 Å². The molecule has 0 amide bonds. The predicted octanol–water partition coefficient (Wildman–Crippen LogP) is 2.40. The van der Waals surface area contributed by atoms with Crippen LogP contribution in [-0.2, 0) is 20.6 Å². The maximum absolute atomic E-state index is 12.9. The Bertz CT molecular complexity index is 1490. The van der Waals surface area contributed by atoms with Crippen LogP contribution in [0.1, 0.15) is 11.3 Å². The number of rotatable bonds is 6. The summed E-state index contributed by atoms with van der Waals surface area (Å²) in [4.78, 5) is 44.0. The quantitative estimate of drug-likeness (QED) is 0.260. The van der Waals surface area contributed by atoms with Gasteiger partial charge in [-0.05, 0) is 23.8 Å². The van der Waals surface area contributed by atoms with Crippen molar-refractivity contribution in [2.75, 3.05) is 0 Å². The van der Waals surface area contributed by atoms with Crippen LogP contribution >= 0.6 is 0 Å². The summed E-state index contributed by atoms with van der Waals surface area (Å²) in [7, 11) is 2.96. The summed E-state index contributed by atoms with van der Waals surface area (Å²) in [6, 6.07) is 12.2. The minimum Gasteiger partial charge on any atom is -0.401 e. The zero-order valence-corrected chi connectivity index (χ0v) is 17.2. The van der Waals surface area contributed by atoms with E-state index in [0.29, 0.717) is 6.54 Å². The normalized spacial score (nSPS) is 11.8. The molecule has 0 saturated carbocycles. The molecule has 0 atom stereocenters. The summed E-state index contributed by atoms with van der Waals surface area (Å²) in [6.07, 6.45) is 4.47. The molecule has 162 valence electrons. The van der Waals surface area contributed by atoms with E-state index < -0.39 is 16.2 Å². The Labute approximate surface area is 180 Å². The first-order valence-electron chi connectivity index (χ1n) is 9.52. The van der Waals surface area contributed by atoms with Crippen LogP contribution in [0.5, 0.6) is 0 Å². The molecule has 4 aromatic rings. The molecule has 0 unspecified atom stereocenters. The lowest BCUT2D eigenvalue weighted by Crippen LogP contribution is -2.37. The number of fused-ring (bicyclic) bond motifs is 1. The van der Waals surface area contributed by atoms with Crippen LogP contribution in [0.2, 0.25) is 0 Å². The number of hydrogen-bond acceptors (Lipinski definition) is 7. The van der Waals surface area contributed by atoms with Crippen molar-refractivity contribution in [1.82, 2.24) is 18.7 Å². The number of imidazole rings is 1. The molecule has 0 N–H and O–H groups in total. The van der Waals surface area contributed by atoms with E-state index in [1.807, 2.05) is 30.3 Å². The lowest BCUT2D eigenvalue weighted by Gasteiger charge is -2.07. The van der Waals surface area contributed by atoms with Gasteiger partial charge >= 0.3 is 11.6 Å². The number of aromatic nitrogens is 4. The fourth-order valence-electron chi connectivity index (χ4n) is 3.23. The third kappa shape index (κ3) is 3.78. The molecule has 4 rings (SSSR count). The summed E-state index contributed by atoms with van der Waals surface area (Å²) >= 11 is 0. The van der Waals surface area contributed by atoms with Gasteiger partial charge in [0.15, 0.2) is 11.2 Å². The largest absolute Gasteiger partial charge is 0.433 e. The van der Waals surface area contributed by atoms with E-state index in [1.54, 1.807) is 11.6 Å². The van der Waals surface area contributed by atoms with Gasteiger partial charge in [-0.25, -0.2) is 9.79 Å². The number of hydrogen-bond donors (Lipinski definition) is 0. The Hall–Kier alpha value is -4.54. The average Bonchev–Trinajstić information content (AvgIpc) is 3.40. The number of allylic oxidation sites excluding steroid dienone is 1. The van der Waals surface area contributed by atoms with Crippen molar-refractivity contribution < 1.29 is 9.34 Å². The molecule has 0 radical (unpaired) electrons. The molecular formula is C21H18N6O5. The van der Waals surface area contributed by atoms with Crippen molar-refractivity contribution in [2.24, 2.45) is 19.1 Å². The van der Waals surface area contributed by atoms with Crippen molar-refractivity contribution >= 4 is 35.3 Å². The topological polar surface area (TPSA) is 130 Å². The summed E-state index contributed by atoms with van der Waals surface area (Å²) in [5, 5.41) is 10.7. The van der Waals surface area contributed by atoms with E-state index in [9.17, 15) is 19.7 Å². The molecule has 0 bridgehead atoms. The highest BCUT2D eigenvalue weighted by molar-refractivity contribution is 5.81. The first kappa shape index (κ1) is 20.7. The van der Waals surface area contributed by atoms with Crippen LogP contribution in [0, 0.1) is 10.1 Å². The zero-order valence-electron chi connectivity index (χ0n) is 17.2. The van der Waals surface area contributed by atoms with Gasteiger partial charge in [0.2, 0.25) is 5.95 Å². The number of benzene rings is 1. The molecule has 32 heavy (non-hydrogen) atoms. The van der Waals surface area contributed by atoms with E-state index in [2.05, 4.69) is 9.98 Å². The molecule has 11 nitrogen and oxygen atoms in total. The number of aryl methyl sites for hydroxylation is 1. The predicted molar refractivity (Wildman–Crippen MR) is 118 cm³/mol. The number of nitro groups is 1. The lowest BCUT2D eigenvalue weighted by atomic mass is 10.2. The Balaban J connectivity index is 1.77. The molecule has 0 saturated heterocycles. The highest BCUT2D eigenvalue weighted by Crippen LogP contribution is 2.20. The summed E-state index contributed by atoms with van der Waals surface area (Å²) in [5.74, 6) is 0.164. The van der Waals surface area contributed by atoms with E-state index in [1.165, 1.54) is 42.1 Å². The van der Waals surface area contributed by atoms with Crippen molar-refractivity contribution in [3.63, 3.8) is 0 Å². The Kier molecular flexibility index (Phi) is 5.37. The van der Waals surface area contributed by atoms with Gasteiger partial charge in [0, 0.05) is 20.3 Å². The molecular weight excluding hydrogens is 416 g/mol. The fraction of sp³-hybridized carbons (Fsp3) is 0.143. The second-order valence-corrected chi connectivity index (χ2v) is 6.93. The second-order valence-electron chi connectivity index (χ2n) is 6.93. The van der Waals surface area contributed by atoms with Gasteiger partial charge in [-0.3, -0.25) is 28.6 Å². The molecule has 0 spiro atoms. The van der Waals surface area contributed by atoms with E-state index >= 15 is 0 Å². The standard InChI is InChI=1S/C21H18N6O5/c1-24-18-17(19(28)25(2)21(24)29)26(13-14-7-4-3-5-8-14)20(23-18)22-12-6-9-15-10-11-16(32-15)27(30)31/h3-12H,13H2,1-2H3. The molecule has 0 aliphatic rings. The van der Waals surface area contributed by atoms with Crippen LogP contribution in [0.25, 0.3) is 17.2 Å². The van der Waals surface area contributed by atoms with Gasteiger partial charge in [-0.1, -0.05) is 30.3 Å². The van der Waals surface area contributed by atoms with E-state index in [-0.39, 0.29) is 28.8 Å². The van der Waals surface area contributed by atoms with Crippen molar-refractivity contribution in [2.45, 2.75) is 6.54 Å². The highest BCUT2D eigenvalue weighted by atomic mass is 16.6. The van der Waals surface area contributed by atoms with Crippen LogP contribution in [0.4, 0.5) is 11.8 Å². The monoisotopic (exact) mass is 434 g/mol. The molecule has 0 aliphatic carbocycles. The van der Waals surface area contributed by atoms with Gasteiger partial charge in [0.05, 0.1) is 12.6 Å². The van der Waals surface area contributed by atoms with Crippen LogP contribution in [-0.4, -0.2) is 29.8 Å².